The Labute approximate surface area is 206 Å². The van der Waals surface area contributed by atoms with Crippen LogP contribution in [0, 0.1) is 0 Å². The number of fused-ring (bicyclic) bond motifs is 1. The van der Waals surface area contributed by atoms with Crippen molar-refractivity contribution in [2.24, 2.45) is 5.73 Å². The molecule has 5 N–H and O–H groups in total. The highest BCUT2D eigenvalue weighted by Gasteiger charge is 2.40. The van der Waals surface area contributed by atoms with E-state index in [0.717, 1.165) is 6.20 Å². The van der Waals surface area contributed by atoms with Gasteiger partial charge in [0.05, 0.1) is 30.1 Å². The normalized spacial score (nSPS) is 12.2. The van der Waals surface area contributed by atoms with Crippen LogP contribution in [0.2, 0.25) is 0 Å². The van der Waals surface area contributed by atoms with Crippen LogP contribution in [0.4, 0.5) is 18.9 Å². The van der Waals surface area contributed by atoms with Crippen LogP contribution in [-0.2, 0) is 11.0 Å². The number of rotatable bonds is 7. The number of amides is 3. The third-order valence-electron chi connectivity index (χ3n) is 5.41. The van der Waals surface area contributed by atoms with Crippen molar-refractivity contribution >= 4 is 34.3 Å². The van der Waals surface area contributed by atoms with Crippen LogP contribution >= 0.6 is 0 Å². The first-order chi connectivity index (χ1) is 17.5. The van der Waals surface area contributed by atoms with Crippen LogP contribution in [-0.4, -0.2) is 50.9 Å². The van der Waals surface area contributed by atoms with E-state index in [-0.39, 0.29) is 17.1 Å². The summed E-state index contributed by atoms with van der Waals surface area (Å²) in [4.78, 5) is 36.4. The topological polar surface area (TPSA) is 157 Å². The molecule has 0 aliphatic carbocycles. The lowest BCUT2D eigenvalue weighted by molar-refractivity contribution is -0.143. The number of benzene rings is 2. The van der Waals surface area contributed by atoms with Gasteiger partial charge >= 0.3 is 6.18 Å². The molecular weight excluding hydrogens is 495 g/mol. The number of carbonyl (C=O) groups excluding carboxylic acids is 3. The van der Waals surface area contributed by atoms with Gasteiger partial charge < -0.3 is 21.1 Å². The van der Waals surface area contributed by atoms with Gasteiger partial charge in [-0.3, -0.25) is 19.5 Å². The highest BCUT2D eigenvalue weighted by atomic mass is 19.4. The van der Waals surface area contributed by atoms with E-state index in [4.69, 9.17) is 10.5 Å². The molecule has 0 aliphatic rings. The summed E-state index contributed by atoms with van der Waals surface area (Å²) in [5.74, 6) is -1.99. The van der Waals surface area contributed by atoms with Crippen LogP contribution < -0.4 is 21.1 Å². The Kier molecular flexibility index (Phi) is 6.57. The summed E-state index contributed by atoms with van der Waals surface area (Å²) >= 11 is 0. The molecule has 0 spiro atoms. The summed E-state index contributed by atoms with van der Waals surface area (Å²) in [7, 11) is 1.42. The van der Waals surface area contributed by atoms with E-state index in [9.17, 15) is 27.6 Å². The largest absolute Gasteiger partial charge is 0.497 e. The number of primary amides is 1. The predicted molar refractivity (Wildman–Crippen MR) is 125 cm³/mol. The molecule has 14 heteroatoms. The second kappa shape index (κ2) is 9.64. The zero-order valence-corrected chi connectivity index (χ0v) is 19.4. The maximum Gasteiger partial charge on any atom is 0.434 e. The van der Waals surface area contributed by atoms with Gasteiger partial charge in [0.2, 0.25) is 5.91 Å². The summed E-state index contributed by atoms with van der Waals surface area (Å²) in [6, 6.07) is 9.02. The monoisotopic (exact) mass is 515 g/mol. The second-order valence-corrected chi connectivity index (χ2v) is 7.90. The molecule has 1 atom stereocenters. The standard InChI is InChI=1S/C23H20F3N7O4/c1-11(20(27)34)29-22(36)18-15-8-3-12(9-17(15)31-32-18)30-21(35)16-10-28-33(19(16)23(24,25)26)13-4-6-14(37-2)7-5-13/h3-11H,1-2H3,(H2,27,34)(H,29,36)(H,30,35)(H,31,32)/t11-/m0/s1. The molecule has 4 rings (SSSR count). The fraction of sp³-hybridized carbons (Fsp3) is 0.174. The number of nitrogens with zero attached hydrogens (tertiary/aromatic N) is 3. The summed E-state index contributed by atoms with van der Waals surface area (Å²) in [6.07, 6.45) is -4.06. The molecule has 3 amide bonds. The van der Waals surface area contributed by atoms with Crippen molar-refractivity contribution in [2.75, 3.05) is 12.4 Å². The minimum Gasteiger partial charge on any atom is -0.497 e. The van der Waals surface area contributed by atoms with Gasteiger partial charge in [-0.1, -0.05) is 0 Å². The molecule has 2 aromatic heterocycles. The number of anilines is 1. The fourth-order valence-corrected chi connectivity index (χ4v) is 3.51. The van der Waals surface area contributed by atoms with Crippen molar-refractivity contribution in [3.05, 3.63) is 65.6 Å². The zero-order valence-electron chi connectivity index (χ0n) is 19.4. The Morgan fingerprint density at radius 2 is 1.81 bits per heavy atom. The molecule has 0 bridgehead atoms. The number of carbonyl (C=O) groups is 3. The molecule has 0 unspecified atom stereocenters. The lowest BCUT2D eigenvalue weighted by Crippen LogP contribution is -2.42. The van der Waals surface area contributed by atoms with Gasteiger partial charge in [-0.15, -0.1) is 0 Å². The van der Waals surface area contributed by atoms with Gasteiger partial charge in [0.25, 0.3) is 11.8 Å². The van der Waals surface area contributed by atoms with Crippen LogP contribution in [0.1, 0.15) is 33.5 Å². The van der Waals surface area contributed by atoms with Gasteiger partial charge in [0.15, 0.2) is 11.4 Å². The smallest absolute Gasteiger partial charge is 0.434 e. The van der Waals surface area contributed by atoms with E-state index >= 15 is 0 Å². The Hall–Kier alpha value is -4.88. The lowest BCUT2D eigenvalue weighted by atomic mass is 10.1. The maximum absolute atomic E-state index is 14.0. The number of H-pyrrole nitrogens is 1. The number of nitrogens with two attached hydrogens (primary N) is 1. The summed E-state index contributed by atoms with van der Waals surface area (Å²) in [6.45, 7) is 1.41. The first-order valence-electron chi connectivity index (χ1n) is 10.7. The first-order valence-corrected chi connectivity index (χ1v) is 10.7. The molecule has 192 valence electrons. The molecule has 0 aliphatic heterocycles. The number of hydrogen-bond acceptors (Lipinski definition) is 6. The molecule has 0 fully saturated rings. The van der Waals surface area contributed by atoms with E-state index in [0.29, 0.717) is 21.3 Å². The summed E-state index contributed by atoms with van der Waals surface area (Å²) in [5.41, 5.74) is 3.73. The molecule has 11 nitrogen and oxygen atoms in total. The minimum atomic E-state index is -4.89. The summed E-state index contributed by atoms with van der Waals surface area (Å²) in [5, 5.41) is 15.5. The third-order valence-corrected chi connectivity index (χ3v) is 5.41. The molecule has 4 aromatic rings. The quantitative estimate of drug-likeness (QED) is 0.296. The average molecular weight is 515 g/mol. The third kappa shape index (κ3) is 5.07. The van der Waals surface area contributed by atoms with Gasteiger partial charge in [0, 0.05) is 11.1 Å². The van der Waals surface area contributed by atoms with Gasteiger partial charge in [-0.25, -0.2) is 4.68 Å². The van der Waals surface area contributed by atoms with Crippen LogP contribution in [0.25, 0.3) is 16.6 Å². The van der Waals surface area contributed by atoms with Gasteiger partial charge in [-0.2, -0.15) is 23.4 Å². The van der Waals surface area contributed by atoms with Crippen LogP contribution in [0.3, 0.4) is 0 Å². The molecular formula is C23H20F3N7O4. The summed E-state index contributed by atoms with van der Waals surface area (Å²) < 4.78 is 47.5. The number of hydrogen-bond donors (Lipinski definition) is 4. The molecule has 2 heterocycles. The number of aromatic amines is 1. The van der Waals surface area contributed by atoms with Crippen molar-refractivity contribution in [1.82, 2.24) is 25.3 Å². The van der Waals surface area contributed by atoms with Gasteiger partial charge in [0.1, 0.15) is 11.8 Å². The number of alkyl halides is 3. The Bertz CT molecular complexity index is 1490. The van der Waals surface area contributed by atoms with Crippen LogP contribution in [0.5, 0.6) is 5.75 Å². The fourth-order valence-electron chi connectivity index (χ4n) is 3.51. The van der Waals surface area contributed by atoms with Crippen molar-refractivity contribution in [3.63, 3.8) is 0 Å². The van der Waals surface area contributed by atoms with E-state index < -0.39 is 41.2 Å². The number of halogens is 3. The number of aromatic nitrogens is 4. The van der Waals surface area contributed by atoms with Gasteiger partial charge in [-0.05, 0) is 49.4 Å². The second-order valence-electron chi connectivity index (χ2n) is 7.90. The molecule has 0 saturated heterocycles. The Morgan fingerprint density at radius 1 is 1.11 bits per heavy atom. The Balaban J connectivity index is 1.60. The highest BCUT2D eigenvalue weighted by Crippen LogP contribution is 2.34. The van der Waals surface area contributed by atoms with Crippen LogP contribution in [0.15, 0.2) is 48.7 Å². The van der Waals surface area contributed by atoms with Crippen molar-refractivity contribution in [3.8, 4) is 11.4 Å². The molecule has 0 saturated carbocycles. The maximum atomic E-state index is 14.0. The van der Waals surface area contributed by atoms with E-state index in [1.54, 1.807) is 0 Å². The molecule has 37 heavy (non-hydrogen) atoms. The van der Waals surface area contributed by atoms with E-state index in [1.807, 2.05) is 0 Å². The van der Waals surface area contributed by atoms with Crippen molar-refractivity contribution < 1.29 is 32.3 Å². The lowest BCUT2D eigenvalue weighted by Gasteiger charge is -2.13. The predicted octanol–water partition coefficient (Wildman–Crippen LogP) is 2.63. The molecule has 0 radical (unpaired) electrons. The van der Waals surface area contributed by atoms with Crippen molar-refractivity contribution in [1.29, 1.82) is 0 Å². The number of methoxy groups -OCH3 is 1. The van der Waals surface area contributed by atoms with Crippen molar-refractivity contribution in [2.45, 2.75) is 19.1 Å². The number of ether oxygens (including phenoxy) is 1. The molecule has 2 aromatic carbocycles. The minimum absolute atomic E-state index is 0.0268. The van der Waals surface area contributed by atoms with E-state index in [1.165, 1.54) is 56.5 Å². The number of nitrogens with one attached hydrogen (secondary N) is 3. The Morgan fingerprint density at radius 3 is 2.43 bits per heavy atom. The average Bonchev–Trinajstić information content (AvgIpc) is 3.48. The highest BCUT2D eigenvalue weighted by molar-refractivity contribution is 6.08. The zero-order chi connectivity index (χ0) is 26.9. The SMILES string of the molecule is COc1ccc(-n2ncc(C(=O)Nc3ccc4c(C(=O)N[C@@H](C)C(N)=O)n[nH]c4c3)c2C(F)(F)F)cc1. The van der Waals surface area contributed by atoms with E-state index in [2.05, 4.69) is 25.9 Å². The first kappa shape index (κ1) is 25.2.